The molecule has 0 aliphatic carbocycles. The molecule has 0 N–H and O–H groups in total. The number of carbonyl (C=O) groups is 3. The normalized spacial score (nSPS) is 15.4. The van der Waals surface area contributed by atoms with E-state index in [1.54, 1.807) is 53.1 Å². The molecule has 1 saturated heterocycles. The highest BCUT2D eigenvalue weighted by atomic mass is 19.1. The molecule has 36 heavy (non-hydrogen) atoms. The molecule has 1 aromatic heterocycles. The molecule has 1 aliphatic rings. The molecular weight excluding hydrogens is 463 g/mol. The van der Waals surface area contributed by atoms with E-state index in [1.807, 2.05) is 12.1 Å². The minimum absolute atomic E-state index is 0.0495. The monoisotopic (exact) mass is 492 g/mol. The Balaban J connectivity index is 1.46. The lowest BCUT2D eigenvalue weighted by Gasteiger charge is -2.31. The number of piperidine rings is 1. The quantitative estimate of drug-likeness (QED) is 0.429. The van der Waals surface area contributed by atoms with Crippen molar-refractivity contribution in [2.75, 3.05) is 24.6 Å². The van der Waals surface area contributed by atoms with Gasteiger partial charge in [-0.15, -0.1) is 0 Å². The SMILES string of the molecule is CCOC(=O)C1CCCN(C(=O)Cc2ccc(N(Cc3ccc(F)cc3)C(=O)c3ccco3)cc2)C1. The molecule has 4 rings (SSSR count). The zero-order valence-electron chi connectivity index (χ0n) is 20.2. The maximum Gasteiger partial charge on any atom is 0.310 e. The minimum Gasteiger partial charge on any atom is -0.466 e. The van der Waals surface area contributed by atoms with Gasteiger partial charge in [0.1, 0.15) is 5.82 Å². The molecule has 8 heteroatoms. The molecule has 2 heterocycles. The third-order valence-corrected chi connectivity index (χ3v) is 6.23. The van der Waals surface area contributed by atoms with Gasteiger partial charge < -0.3 is 19.0 Å². The van der Waals surface area contributed by atoms with Crippen molar-refractivity contribution < 1.29 is 27.9 Å². The number of rotatable bonds is 8. The van der Waals surface area contributed by atoms with E-state index < -0.39 is 0 Å². The van der Waals surface area contributed by atoms with E-state index in [0.29, 0.717) is 25.4 Å². The number of amides is 2. The number of furan rings is 1. The predicted octanol–water partition coefficient (Wildman–Crippen LogP) is 4.61. The van der Waals surface area contributed by atoms with Gasteiger partial charge in [0.25, 0.3) is 5.91 Å². The average molecular weight is 493 g/mol. The number of likely N-dealkylation sites (tertiary alicyclic amines) is 1. The van der Waals surface area contributed by atoms with E-state index in [0.717, 1.165) is 24.0 Å². The van der Waals surface area contributed by atoms with Crippen molar-refractivity contribution in [3.05, 3.63) is 89.6 Å². The average Bonchev–Trinajstić information content (AvgIpc) is 3.44. The standard InChI is InChI=1S/C28H29FN2O5/c1-2-35-28(34)22-5-3-15-30(19-22)26(32)17-20-9-13-24(14-10-20)31(27(33)25-6-4-16-36-25)18-21-7-11-23(29)12-8-21/h4,6-14,16,22H,2-3,5,15,17-19H2,1H3. The van der Waals surface area contributed by atoms with E-state index in [-0.39, 0.29) is 48.2 Å². The van der Waals surface area contributed by atoms with Gasteiger partial charge >= 0.3 is 5.97 Å². The second-order valence-corrected chi connectivity index (χ2v) is 8.77. The van der Waals surface area contributed by atoms with Gasteiger partial charge in [0.15, 0.2) is 5.76 Å². The van der Waals surface area contributed by atoms with E-state index in [9.17, 15) is 18.8 Å². The Morgan fingerprint density at radius 2 is 1.78 bits per heavy atom. The predicted molar refractivity (Wildman–Crippen MR) is 132 cm³/mol. The number of anilines is 1. The highest BCUT2D eigenvalue weighted by Gasteiger charge is 2.29. The van der Waals surface area contributed by atoms with Crippen molar-refractivity contribution in [2.45, 2.75) is 32.7 Å². The summed E-state index contributed by atoms with van der Waals surface area (Å²) in [5.41, 5.74) is 2.18. The van der Waals surface area contributed by atoms with E-state index in [4.69, 9.17) is 9.15 Å². The van der Waals surface area contributed by atoms with Crippen LogP contribution in [0.1, 0.15) is 41.4 Å². The van der Waals surface area contributed by atoms with Gasteiger partial charge in [0.05, 0.1) is 31.8 Å². The van der Waals surface area contributed by atoms with Crippen molar-refractivity contribution in [3.63, 3.8) is 0 Å². The van der Waals surface area contributed by atoms with Crippen LogP contribution in [0.15, 0.2) is 71.3 Å². The molecule has 1 unspecified atom stereocenters. The lowest BCUT2D eigenvalue weighted by molar-refractivity contribution is -0.151. The first kappa shape index (κ1) is 25.2. The second kappa shape index (κ2) is 11.7. The maximum atomic E-state index is 13.4. The molecule has 0 radical (unpaired) electrons. The Bertz CT molecular complexity index is 1180. The molecule has 0 spiro atoms. The largest absolute Gasteiger partial charge is 0.466 e. The van der Waals surface area contributed by atoms with E-state index in [1.165, 1.54) is 18.4 Å². The van der Waals surface area contributed by atoms with Crippen LogP contribution in [0.3, 0.4) is 0 Å². The van der Waals surface area contributed by atoms with Crippen LogP contribution in [-0.4, -0.2) is 42.4 Å². The number of hydrogen-bond acceptors (Lipinski definition) is 5. The van der Waals surface area contributed by atoms with Crippen molar-refractivity contribution in [2.24, 2.45) is 5.92 Å². The Hall–Kier alpha value is -3.94. The van der Waals surface area contributed by atoms with Gasteiger partial charge in [0, 0.05) is 18.8 Å². The van der Waals surface area contributed by atoms with Crippen LogP contribution in [-0.2, 0) is 27.3 Å². The molecule has 7 nitrogen and oxygen atoms in total. The third-order valence-electron chi connectivity index (χ3n) is 6.23. The van der Waals surface area contributed by atoms with Gasteiger partial charge in [0.2, 0.25) is 5.91 Å². The van der Waals surface area contributed by atoms with Crippen LogP contribution in [0.4, 0.5) is 10.1 Å². The summed E-state index contributed by atoms with van der Waals surface area (Å²) in [5.74, 6) is -1.06. The zero-order chi connectivity index (χ0) is 25.5. The van der Waals surface area contributed by atoms with Gasteiger partial charge in [-0.25, -0.2) is 4.39 Å². The number of halogens is 1. The van der Waals surface area contributed by atoms with Crippen molar-refractivity contribution >= 4 is 23.5 Å². The van der Waals surface area contributed by atoms with E-state index >= 15 is 0 Å². The summed E-state index contributed by atoms with van der Waals surface area (Å²) in [7, 11) is 0. The Kier molecular flexibility index (Phi) is 8.15. The number of ether oxygens (including phenoxy) is 1. The van der Waals surface area contributed by atoms with E-state index in [2.05, 4.69) is 0 Å². The number of carbonyl (C=O) groups excluding carboxylic acids is 3. The van der Waals surface area contributed by atoms with Crippen LogP contribution >= 0.6 is 0 Å². The van der Waals surface area contributed by atoms with Crippen molar-refractivity contribution in [1.82, 2.24) is 4.90 Å². The molecule has 1 aliphatic heterocycles. The second-order valence-electron chi connectivity index (χ2n) is 8.77. The molecule has 1 atom stereocenters. The smallest absolute Gasteiger partial charge is 0.310 e. The number of esters is 1. The maximum absolute atomic E-state index is 13.4. The molecule has 0 saturated carbocycles. The van der Waals surface area contributed by atoms with Crippen LogP contribution in [0.2, 0.25) is 0 Å². The highest BCUT2D eigenvalue weighted by molar-refractivity contribution is 6.04. The van der Waals surface area contributed by atoms with Gasteiger partial charge in [-0.1, -0.05) is 24.3 Å². The third kappa shape index (κ3) is 6.19. The first-order valence-corrected chi connectivity index (χ1v) is 12.1. The summed E-state index contributed by atoms with van der Waals surface area (Å²) < 4.78 is 23.8. The summed E-state index contributed by atoms with van der Waals surface area (Å²) in [6.07, 6.45) is 3.12. The summed E-state index contributed by atoms with van der Waals surface area (Å²) in [6, 6.07) is 16.4. The Labute approximate surface area is 209 Å². The lowest BCUT2D eigenvalue weighted by atomic mass is 9.97. The zero-order valence-corrected chi connectivity index (χ0v) is 20.2. The number of benzene rings is 2. The fourth-order valence-electron chi connectivity index (χ4n) is 4.32. The molecule has 0 bridgehead atoms. The Morgan fingerprint density at radius 3 is 2.44 bits per heavy atom. The van der Waals surface area contributed by atoms with Crippen LogP contribution < -0.4 is 4.90 Å². The minimum atomic E-state index is -0.348. The number of nitrogens with zero attached hydrogens (tertiary/aromatic N) is 2. The molecule has 2 amide bonds. The fourth-order valence-corrected chi connectivity index (χ4v) is 4.32. The lowest BCUT2D eigenvalue weighted by Crippen LogP contribution is -2.43. The van der Waals surface area contributed by atoms with Crippen LogP contribution in [0.5, 0.6) is 0 Å². The van der Waals surface area contributed by atoms with Crippen LogP contribution in [0.25, 0.3) is 0 Å². The van der Waals surface area contributed by atoms with Gasteiger partial charge in [-0.2, -0.15) is 0 Å². The molecule has 1 fully saturated rings. The topological polar surface area (TPSA) is 80.1 Å². The van der Waals surface area contributed by atoms with Crippen molar-refractivity contribution in [3.8, 4) is 0 Å². The summed E-state index contributed by atoms with van der Waals surface area (Å²) in [6.45, 7) is 3.32. The summed E-state index contributed by atoms with van der Waals surface area (Å²) in [4.78, 5) is 41.4. The van der Waals surface area contributed by atoms with Gasteiger partial charge in [-0.3, -0.25) is 14.4 Å². The first-order chi connectivity index (χ1) is 17.4. The van der Waals surface area contributed by atoms with Crippen molar-refractivity contribution in [1.29, 1.82) is 0 Å². The van der Waals surface area contributed by atoms with Crippen LogP contribution in [0, 0.1) is 11.7 Å². The summed E-state index contributed by atoms with van der Waals surface area (Å²) in [5, 5.41) is 0. The summed E-state index contributed by atoms with van der Waals surface area (Å²) >= 11 is 0. The highest BCUT2D eigenvalue weighted by Crippen LogP contribution is 2.23. The van der Waals surface area contributed by atoms with Gasteiger partial charge in [-0.05, 0) is 67.3 Å². The molecule has 2 aromatic carbocycles. The fraction of sp³-hybridized carbons (Fsp3) is 0.321. The Morgan fingerprint density at radius 1 is 1.06 bits per heavy atom. The number of hydrogen-bond donors (Lipinski definition) is 0. The molecule has 3 aromatic rings. The molecular formula is C28H29FN2O5. The molecule has 188 valence electrons. The first-order valence-electron chi connectivity index (χ1n) is 12.1.